The van der Waals surface area contributed by atoms with E-state index in [0.717, 1.165) is 11.3 Å². The van der Waals surface area contributed by atoms with Gasteiger partial charge in [0, 0.05) is 15.8 Å². The number of benzene rings is 2. The lowest BCUT2D eigenvalue weighted by Gasteiger charge is -2.06. The van der Waals surface area contributed by atoms with Crippen molar-refractivity contribution in [2.45, 2.75) is 11.5 Å². The average molecular weight is 333 g/mol. The van der Waals surface area contributed by atoms with Crippen LogP contribution in [0.4, 0.5) is 0 Å². The summed E-state index contributed by atoms with van der Waals surface area (Å²) in [6.07, 6.45) is 0. The molecule has 1 atom stereocenters. The molecular formula is C15H13ClN4OS. The number of aromatic nitrogens is 4. The Hall–Kier alpha value is -2.05. The SMILES string of the molecule is O=[S@@](Cc1ccccc1Cl)Cc1nnnn1-c1ccccc1. The Kier molecular flexibility index (Phi) is 4.60. The van der Waals surface area contributed by atoms with E-state index in [1.54, 1.807) is 10.7 Å². The van der Waals surface area contributed by atoms with Crippen LogP contribution in [-0.4, -0.2) is 24.4 Å². The normalized spacial score (nSPS) is 12.2. The molecule has 0 aliphatic carbocycles. The van der Waals surface area contributed by atoms with Crippen LogP contribution in [0, 0.1) is 0 Å². The van der Waals surface area contributed by atoms with E-state index in [4.69, 9.17) is 11.6 Å². The summed E-state index contributed by atoms with van der Waals surface area (Å²) in [5, 5.41) is 12.2. The highest BCUT2D eigenvalue weighted by atomic mass is 35.5. The van der Waals surface area contributed by atoms with Crippen molar-refractivity contribution >= 4 is 22.4 Å². The van der Waals surface area contributed by atoms with Gasteiger partial charge < -0.3 is 0 Å². The summed E-state index contributed by atoms with van der Waals surface area (Å²) in [5.41, 5.74) is 1.71. The van der Waals surface area contributed by atoms with Gasteiger partial charge in [-0.15, -0.1) is 5.10 Å². The van der Waals surface area contributed by atoms with E-state index in [1.165, 1.54) is 0 Å². The molecule has 0 radical (unpaired) electrons. The van der Waals surface area contributed by atoms with Gasteiger partial charge in [-0.05, 0) is 34.2 Å². The van der Waals surface area contributed by atoms with E-state index in [9.17, 15) is 4.21 Å². The molecule has 5 nitrogen and oxygen atoms in total. The second kappa shape index (κ2) is 6.81. The Bertz CT molecular complexity index is 791. The maximum atomic E-state index is 12.4. The first kappa shape index (κ1) is 14.9. The number of rotatable bonds is 5. The molecule has 0 bridgehead atoms. The molecule has 0 amide bonds. The van der Waals surface area contributed by atoms with Crippen LogP contribution in [0.3, 0.4) is 0 Å². The standard InChI is InChI=1S/C15H13ClN4OS/c16-14-9-5-4-6-12(14)10-22(21)11-15-17-18-19-20(15)13-7-2-1-3-8-13/h1-9H,10-11H2/t22-/m0/s1. The molecule has 112 valence electrons. The molecule has 3 aromatic rings. The summed E-state index contributed by atoms with van der Waals surface area (Å²) in [6, 6.07) is 16.9. The Morgan fingerprint density at radius 2 is 1.73 bits per heavy atom. The van der Waals surface area contributed by atoms with Gasteiger partial charge in [0.1, 0.15) is 0 Å². The number of halogens is 1. The summed E-state index contributed by atoms with van der Waals surface area (Å²) in [6.45, 7) is 0. The summed E-state index contributed by atoms with van der Waals surface area (Å²) in [5.74, 6) is 1.21. The van der Waals surface area contributed by atoms with Crippen LogP contribution in [0.1, 0.15) is 11.4 Å². The first-order chi connectivity index (χ1) is 10.7. The predicted molar refractivity (Wildman–Crippen MR) is 86.2 cm³/mol. The van der Waals surface area contributed by atoms with Crippen LogP contribution < -0.4 is 0 Å². The van der Waals surface area contributed by atoms with Crippen LogP contribution in [0.25, 0.3) is 5.69 Å². The lowest BCUT2D eigenvalue weighted by molar-refractivity contribution is 0.679. The van der Waals surface area contributed by atoms with Gasteiger partial charge in [-0.3, -0.25) is 4.21 Å². The van der Waals surface area contributed by atoms with Crippen molar-refractivity contribution in [2.24, 2.45) is 0 Å². The molecule has 0 fully saturated rings. The van der Waals surface area contributed by atoms with Crippen molar-refractivity contribution in [1.82, 2.24) is 20.2 Å². The van der Waals surface area contributed by atoms with Gasteiger partial charge in [0.15, 0.2) is 5.82 Å². The van der Waals surface area contributed by atoms with Crippen LogP contribution in [0.15, 0.2) is 54.6 Å². The number of hydrogen-bond donors (Lipinski definition) is 0. The number of para-hydroxylation sites is 1. The number of hydrogen-bond acceptors (Lipinski definition) is 4. The molecule has 22 heavy (non-hydrogen) atoms. The highest BCUT2D eigenvalue weighted by Gasteiger charge is 2.13. The highest BCUT2D eigenvalue weighted by Crippen LogP contribution is 2.18. The molecule has 0 aliphatic rings. The van der Waals surface area contributed by atoms with E-state index in [2.05, 4.69) is 15.5 Å². The minimum absolute atomic E-state index is 0.271. The zero-order valence-electron chi connectivity index (χ0n) is 11.6. The summed E-state index contributed by atoms with van der Waals surface area (Å²) in [7, 11) is -1.14. The maximum Gasteiger partial charge on any atom is 0.169 e. The van der Waals surface area contributed by atoms with Crippen molar-refractivity contribution in [1.29, 1.82) is 0 Å². The topological polar surface area (TPSA) is 60.7 Å². The molecule has 3 rings (SSSR count). The molecule has 0 saturated heterocycles. The van der Waals surface area contributed by atoms with Gasteiger partial charge in [-0.1, -0.05) is 48.0 Å². The summed E-state index contributed by atoms with van der Waals surface area (Å²) >= 11 is 6.10. The second-order valence-electron chi connectivity index (χ2n) is 4.66. The molecule has 0 spiro atoms. The van der Waals surface area contributed by atoms with Gasteiger partial charge in [0.05, 0.1) is 17.2 Å². The maximum absolute atomic E-state index is 12.4. The summed E-state index contributed by atoms with van der Waals surface area (Å²) in [4.78, 5) is 0. The van der Waals surface area contributed by atoms with E-state index in [0.29, 0.717) is 16.6 Å². The fraction of sp³-hybridized carbons (Fsp3) is 0.133. The van der Waals surface area contributed by atoms with E-state index in [1.807, 2.05) is 48.5 Å². The third-order valence-corrected chi connectivity index (χ3v) is 4.68. The van der Waals surface area contributed by atoms with E-state index >= 15 is 0 Å². The molecular weight excluding hydrogens is 320 g/mol. The molecule has 1 aromatic heterocycles. The minimum atomic E-state index is -1.14. The largest absolute Gasteiger partial charge is 0.259 e. The molecule has 0 N–H and O–H groups in total. The minimum Gasteiger partial charge on any atom is -0.259 e. The van der Waals surface area contributed by atoms with E-state index in [-0.39, 0.29) is 5.75 Å². The first-order valence-electron chi connectivity index (χ1n) is 6.65. The van der Waals surface area contributed by atoms with E-state index < -0.39 is 10.8 Å². The van der Waals surface area contributed by atoms with Crippen LogP contribution in [0.2, 0.25) is 5.02 Å². The zero-order chi connectivity index (χ0) is 15.4. The Labute approximate surface area is 135 Å². The average Bonchev–Trinajstić information content (AvgIpc) is 2.98. The number of tetrazole rings is 1. The molecule has 1 heterocycles. The lowest BCUT2D eigenvalue weighted by atomic mass is 10.2. The molecule has 2 aromatic carbocycles. The Morgan fingerprint density at radius 3 is 2.50 bits per heavy atom. The highest BCUT2D eigenvalue weighted by molar-refractivity contribution is 7.83. The van der Waals surface area contributed by atoms with Crippen molar-refractivity contribution in [3.8, 4) is 5.69 Å². The quantitative estimate of drug-likeness (QED) is 0.720. The van der Waals surface area contributed by atoms with Gasteiger partial charge >= 0.3 is 0 Å². The fourth-order valence-electron chi connectivity index (χ4n) is 2.05. The van der Waals surface area contributed by atoms with Gasteiger partial charge in [0.2, 0.25) is 0 Å². The molecule has 0 unspecified atom stereocenters. The monoisotopic (exact) mass is 332 g/mol. The van der Waals surface area contributed by atoms with Crippen molar-refractivity contribution in [3.05, 3.63) is 71.0 Å². The first-order valence-corrected chi connectivity index (χ1v) is 8.51. The smallest absolute Gasteiger partial charge is 0.169 e. The lowest BCUT2D eigenvalue weighted by Crippen LogP contribution is -2.08. The third-order valence-electron chi connectivity index (χ3n) is 3.10. The second-order valence-corrected chi connectivity index (χ2v) is 6.53. The molecule has 0 saturated carbocycles. The fourth-order valence-corrected chi connectivity index (χ4v) is 3.50. The van der Waals surface area contributed by atoms with Gasteiger partial charge in [-0.25, -0.2) is 0 Å². The van der Waals surface area contributed by atoms with Crippen LogP contribution in [-0.2, 0) is 22.3 Å². The predicted octanol–water partition coefficient (Wildman–Crippen LogP) is 2.76. The van der Waals surface area contributed by atoms with Gasteiger partial charge in [0.25, 0.3) is 0 Å². The van der Waals surface area contributed by atoms with Crippen molar-refractivity contribution in [2.75, 3.05) is 0 Å². The van der Waals surface area contributed by atoms with Crippen molar-refractivity contribution < 1.29 is 4.21 Å². The Morgan fingerprint density at radius 1 is 1.00 bits per heavy atom. The summed E-state index contributed by atoms with van der Waals surface area (Å²) < 4.78 is 14.0. The molecule has 7 heteroatoms. The zero-order valence-corrected chi connectivity index (χ0v) is 13.2. The van der Waals surface area contributed by atoms with Crippen LogP contribution in [0.5, 0.6) is 0 Å². The molecule has 0 aliphatic heterocycles. The third kappa shape index (κ3) is 3.40. The Balaban J connectivity index is 1.76. The number of nitrogens with zero attached hydrogens (tertiary/aromatic N) is 4. The van der Waals surface area contributed by atoms with Gasteiger partial charge in [-0.2, -0.15) is 4.68 Å². The van der Waals surface area contributed by atoms with Crippen LogP contribution >= 0.6 is 11.6 Å². The van der Waals surface area contributed by atoms with Crippen molar-refractivity contribution in [3.63, 3.8) is 0 Å².